The Morgan fingerprint density at radius 3 is 2.70 bits per heavy atom. The highest BCUT2D eigenvalue weighted by Crippen LogP contribution is 2.32. The molecular formula is C21H19F3N4O4S. The number of hydrogen-bond donors (Lipinski definition) is 2. The zero-order valence-electron chi connectivity index (χ0n) is 17.5. The second-order valence-corrected chi connectivity index (χ2v) is 9.20. The number of ether oxygens (including phenoxy) is 1. The van der Waals surface area contributed by atoms with Crippen LogP contribution in [0.25, 0.3) is 5.69 Å². The molecule has 1 aromatic heterocycles. The summed E-state index contributed by atoms with van der Waals surface area (Å²) >= 11 is 0. The van der Waals surface area contributed by atoms with Gasteiger partial charge in [0.25, 0.3) is 5.91 Å². The van der Waals surface area contributed by atoms with Crippen LogP contribution in [0.3, 0.4) is 0 Å². The summed E-state index contributed by atoms with van der Waals surface area (Å²) in [7, 11) is -4.00. The van der Waals surface area contributed by atoms with Gasteiger partial charge in [0, 0.05) is 17.3 Å². The molecule has 0 saturated heterocycles. The third-order valence-electron chi connectivity index (χ3n) is 5.16. The minimum absolute atomic E-state index is 0.0816. The summed E-state index contributed by atoms with van der Waals surface area (Å²) in [6.45, 7) is 3.09. The van der Waals surface area contributed by atoms with Crippen LogP contribution >= 0.6 is 0 Å². The minimum atomic E-state index is -4.50. The first-order valence-corrected chi connectivity index (χ1v) is 11.3. The number of anilines is 1. The number of sulfonamides is 1. The van der Waals surface area contributed by atoms with Gasteiger partial charge in [-0.25, -0.2) is 17.8 Å². The molecule has 1 aliphatic heterocycles. The standard InChI is InChI=1S/C21H19F3N4O4S/c1-12(27-33(30,31)16-6-7-19-18(9-16)26-20(29)11-32-19)17-10-25-28(13(17)2)15-5-3-4-14(8-15)21(22,23)24/h3-10,12,27H,11H2,1-2H3,(H,26,29)/t12-/m1/s1. The van der Waals surface area contributed by atoms with Gasteiger partial charge in [0.2, 0.25) is 10.0 Å². The molecule has 0 bridgehead atoms. The summed E-state index contributed by atoms with van der Waals surface area (Å²) in [6.07, 6.45) is -3.09. The van der Waals surface area contributed by atoms with Crippen LogP contribution in [0.2, 0.25) is 0 Å². The van der Waals surface area contributed by atoms with Gasteiger partial charge in [-0.05, 0) is 50.2 Å². The van der Waals surface area contributed by atoms with Crippen molar-refractivity contribution in [2.75, 3.05) is 11.9 Å². The lowest BCUT2D eigenvalue weighted by Gasteiger charge is -2.19. The maximum Gasteiger partial charge on any atom is 0.416 e. The van der Waals surface area contributed by atoms with Gasteiger partial charge in [-0.2, -0.15) is 18.3 Å². The fraction of sp³-hybridized carbons (Fsp3) is 0.238. The van der Waals surface area contributed by atoms with Crippen LogP contribution in [0.5, 0.6) is 5.75 Å². The van der Waals surface area contributed by atoms with Crippen LogP contribution in [0.1, 0.15) is 29.8 Å². The van der Waals surface area contributed by atoms with E-state index < -0.39 is 33.7 Å². The van der Waals surface area contributed by atoms with E-state index in [4.69, 9.17) is 4.74 Å². The molecule has 174 valence electrons. The van der Waals surface area contributed by atoms with Gasteiger partial charge in [0.15, 0.2) is 6.61 Å². The van der Waals surface area contributed by atoms with E-state index in [1.54, 1.807) is 13.8 Å². The quantitative estimate of drug-likeness (QED) is 0.581. The Hall–Kier alpha value is -3.38. The van der Waals surface area contributed by atoms with Crippen LogP contribution in [0.15, 0.2) is 53.6 Å². The Bertz CT molecular complexity index is 1340. The number of aromatic nitrogens is 2. The molecule has 1 atom stereocenters. The van der Waals surface area contributed by atoms with Crippen molar-refractivity contribution in [3.8, 4) is 11.4 Å². The molecule has 1 aliphatic rings. The molecule has 33 heavy (non-hydrogen) atoms. The molecule has 8 nitrogen and oxygen atoms in total. The van der Waals surface area contributed by atoms with E-state index in [1.165, 1.54) is 41.2 Å². The van der Waals surface area contributed by atoms with Crippen LogP contribution in [-0.4, -0.2) is 30.7 Å². The van der Waals surface area contributed by atoms with Crippen molar-refractivity contribution in [3.05, 3.63) is 65.5 Å². The van der Waals surface area contributed by atoms with E-state index in [-0.39, 0.29) is 22.9 Å². The number of carbonyl (C=O) groups is 1. The predicted molar refractivity (Wildman–Crippen MR) is 113 cm³/mol. The first kappa shape index (κ1) is 22.8. The number of nitrogens with one attached hydrogen (secondary N) is 2. The van der Waals surface area contributed by atoms with E-state index in [2.05, 4.69) is 15.1 Å². The molecule has 12 heteroatoms. The van der Waals surface area contributed by atoms with Crippen LogP contribution in [0.4, 0.5) is 18.9 Å². The van der Waals surface area contributed by atoms with Crippen molar-refractivity contribution in [2.24, 2.45) is 0 Å². The van der Waals surface area contributed by atoms with Gasteiger partial charge in [-0.15, -0.1) is 0 Å². The van der Waals surface area contributed by atoms with Crippen LogP contribution in [-0.2, 0) is 21.0 Å². The molecule has 4 rings (SSSR count). The number of carbonyl (C=O) groups excluding carboxylic acids is 1. The average Bonchev–Trinajstić information content (AvgIpc) is 3.14. The smallest absolute Gasteiger partial charge is 0.416 e. The number of alkyl halides is 3. The fourth-order valence-corrected chi connectivity index (χ4v) is 4.76. The van der Waals surface area contributed by atoms with Crippen molar-refractivity contribution < 1.29 is 31.1 Å². The van der Waals surface area contributed by atoms with Crippen LogP contribution in [0, 0.1) is 6.92 Å². The van der Waals surface area contributed by atoms with Gasteiger partial charge in [-0.3, -0.25) is 4.79 Å². The highest BCUT2D eigenvalue weighted by molar-refractivity contribution is 7.89. The van der Waals surface area contributed by atoms with Crippen molar-refractivity contribution in [1.29, 1.82) is 0 Å². The lowest BCUT2D eigenvalue weighted by atomic mass is 10.1. The Morgan fingerprint density at radius 2 is 1.97 bits per heavy atom. The highest BCUT2D eigenvalue weighted by atomic mass is 32.2. The van der Waals surface area contributed by atoms with Gasteiger partial charge >= 0.3 is 6.18 Å². The van der Waals surface area contributed by atoms with Gasteiger partial charge in [0.1, 0.15) is 5.75 Å². The van der Waals surface area contributed by atoms with Crippen LogP contribution < -0.4 is 14.8 Å². The molecular weight excluding hydrogens is 461 g/mol. The van der Waals surface area contributed by atoms with E-state index in [9.17, 15) is 26.4 Å². The Balaban J connectivity index is 1.59. The minimum Gasteiger partial charge on any atom is -0.482 e. The number of benzene rings is 2. The topological polar surface area (TPSA) is 102 Å². The zero-order valence-corrected chi connectivity index (χ0v) is 18.3. The number of nitrogens with zero attached hydrogens (tertiary/aromatic N) is 2. The SMILES string of the molecule is Cc1c([C@@H](C)NS(=O)(=O)c2ccc3c(c2)NC(=O)CO3)cnn1-c1cccc(C(F)(F)F)c1. The third-order valence-corrected chi connectivity index (χ3v) is 6.70. The van der Waals surface area contributed by atoms with Crippen molar-refractivity contribution in [2.45, 2.75) is 31.0 Å². The summed E-state index contributed by atoms with van der Waals surface area (Å²) in [4.78, 5) is 11.4. The maximum atomic E-state index is 13.1. The number of amides is 1. The van der Waals surface area contributed by atoms with Crippen molar-refractivity contribution in [1.82, 2.24) is 14.5 Å². The van der Waals surface area contributed by atoms with Crippen molar-refractivity contribution >= 4 is 21.6 Å². The summed E-state index contributed by atoms with van der Waals surface area (Å²) in [6, 6.07) is 8.06. The summed E-state index contributed by atoms with van der Waals surface area (Å²) in [5.74, 6) is -0.0317. The van der Waals surface area contributed by atoms with Gasteiger partial charge in [0.05, 0.1) is 28.0 Å². The monoisotopic (exact) mass is 480 g/mol. The summed E-state index contributed by atoms with van der Waals surface area (Å²) in [5, 5.41) is 6.70. The molecule has 3 aromatic rings. The molecule has 0 spiro atoms. The molecule has 2 aromatic carbocycles. The summed E-state index contributed by atoms with van der Waals surface area (Å²) in [5.41, 5.74) is 0.610. The molecule has 2 N–H and O–H groups in total. The Labute approximate surface area is 187 Å². The average molecular weight is 480 g/mol. The molecule has 0 unspecified atom stereocenters. The number of hydrogen-bond acceptors (Lipinski definition) is 5. The molecule has 0 aliphatic carbocycles. The summed E-state index contributed by atoms with van der Waals surface area (Å²) < 4.78 is 74.1. The lowest BCUT2D eigenvalue weighted by Crippen LogP contribution is -2.28. The normalized spacial score (nSPS) is 14.9. The Morgan fingerprint density at radius 1 is 1.21 bits per heavy atom. The number of rotatable bonds is 5. The molecule has 0 saturated carbocycles. The third kappa shape index (κ3) is 4.57. The fourth-order valence-electron chi connectivity index (χ4n) is 3.52. The van der Waals surface area contributed by atoms with Gasteiger partial charge < -0.3 is 10.1 Å². The zero-order chi connectivity index (χ0) is 24.0. The molecule has 2 heterocycles. The van der Waals surface area contributed by atoms with E-state index >= 15 is 0 Å². The second kappa shape index (κ2) is 8.19. The first-order valence-electron chi connectivity index (χ1n) is 9.77. The highest BCUT2D eigenvalue weighted by Gasteiger charge is 2.31. The largest absolute Gasteiger partial charge is 0.482 e. The van der Waals surface area contributed by atoms with Crippen molar-refractivity contribution in [3.63, 3.8) is 0 Å². The maximum absolute atomic E-state index is 13.1. The first-order chi connectivity index (χ1) is 15.5. The molecule has 0 fully saturated rings. The van der Waals surface area contributed by atoms with E-state index in [1.807, 2.05) is 0 Å². The number of fused-ring (bicyclic) bond motifs is 1. The van der Waals surface area contributed by atoms with E-state index in [0.29, 0.717) is 17.0 Å². The van der Waals surface area contributed by atoms with E-state index in [0.717, 1.165) is 12.1 Å². The molecule has 1 amide bonds. The lowest BCUT2D eigenvalue weighted by molar-refractivity contribution is -0.137. The second-order valence-electron chi connectivity index (χ2n) is 7.48. The van der Waals surface area contributed by atoms with Gasteiger partial charge in [-0.1, -0.05) is 6.07 Å². The predicted octanol–water partition coefficient (Wildman–Crippen LogP) is 3.57. The number of halogens is 3. The molecule has 0 radical (unpaired) electrons. The Kier molecular flexibility index (Phi) is 5.66.